The first kappa shape index (κ1) is 13.4. The lowest BCUT2D eigenvalue weighted by Crippen LogP contribution is -2.36. The third-order valence-electron chi connectivity index (χ3n) is 3.62. The van der Waals surface area contributed by atoms with Crippen molar-refractivity contribution in [3.8, 4) is 0 Å². The summed E-state index contributed by atoms with van der Waals surface area (Å²) in [4.78, 5) is 17.6. The van der Waals surface area contributed by atoms with Crippen LogP contribution in [0.3, 0.4) is 0 Å². The van der Waals surface area contributed by atoms with Gasteiger partial charge in [-0.2, -0.15) is 0 Å². The number of hydrogen-bond donors (Lipinski definition) is 2. The van der Waals surface area contributed by atoms with Crippen molar-refractivity contribution in [1.29, 1.82) is 0 Å². The third-order valence-corrected chi connectivity index (χ3v) is 3.62. The molecule has 1 amide bonds. The second kappa shape index (κ2) is 5.73. The number of guanidine groups is 1. The van der Waals surface area contributed by atoms with Gasteiger partial charge in [-0.15, -0.1) is 0 Å². The van der Waals surface area contributed by atoms with Crippen molar-refractivity contribution < 1.29 is 4.79 Å². The Morgan fingerprint density at radius 2 is 2.16 bits per heavy atom. The van der Waals surface area contributed by atoms with E-state index in [-0.39, 0.29) is 17.9 Å². The zero-order valence-corrected chi connectivity index (χ0v) is 11.3. The molecular weight excluding hydrogens is 240 g/mol. The zero-order valence-electron chi connectivity index (χ0n) is 11.3. The predicted octanol–water partition coefficient (Wildman–Crippen LogP) is 0.740. The van der Waals surface area contributed by atoms with Crippen LogP contribution < -0.4 is 11.1 Å². The molecule has 1 saturated heterocycles. The van der Waals surface area contributed by atoms with Crippen LogP contribution in [0.2, 0.25) is 0 Å². The van der Waals surface area contributed by atoms with Crippen LogP contribution in [-0.2, 0) is 4.79 Å². The quantitative estimate of drug-likeness (QED) is 0.622. The molecule has 1 aromatic carbocycles. The summed E-state index contributed by atoms with van der Waals surface area (Å²) < 4.78 is 0. The molecule has 102 valence electrons. The number of amides is 1. The van der Waals surface area contributed by atoms with E-state index in [0.717, 1.165) is 5.56 Å². The van der Waals surface area contributed by atoms with E-state index >= 15 is 0 Å². The summed E-state index contributed by atoms with van der Waals surface area (Å²) in [5.74, 6) is 0.793. The van der Waals surface area contributed by atoms with Gasteiger partial charge < -0.3 is 16.0 Å². The van der Waals surface area contributed by atoms with E-state index in [1.165, 1.54) is 0 Å². The highest BCUT2D eigenvalue weighted by molar-refractivity contribution is 5.80. The van der Waals surface area contributed by atoms with Crippen LogP contribution in [0, 0.1) is 5.92 Å². The van der Waals surface area contributed by atoms with E-state index in [4.69, 9.17) is 5.73 Å². The zero-order chi connectivity index (χ0) is 13.8. The molecule has 0 aliphatic carbocycles. The lowest BCUT2D eigenvalue weighted by molar-refractivity contribution is -0.127. The maximum Gasteiger partial charge on any atom is 0.223 e. The fourth-order valence-corrected chi connectivity index (χ4v) is 2.60. The highest BCUT2D eigenvalue weighted by Crippen LogP contribution is 2.36. The fraction of sp³-hybridized carbons (Fsp3) is 0.429. The molecule has 0 bridgehead atoms. The number of carbonyl (C=O) groups excluding carboxylic acids is 1. The van der Waals surface area contributed by atoms with E-state index in [2.05, 4.69) is 22.4 Å². The highest BCUT2D eigenvalue weighted by Gasteiger charge is 2.38. The van der Waals surface area contributed by atoms with Gasteiger partial charge in [0.05, 0.1) is 6.04 Å². The van der Waals surface area contributed by atoms with Gasteiger partial charge in [-0.05, 0) is 5.56 Å². The van der Waals surface area contributed by atoms with Crippen molar-refractivity contribution in [3.05, 3.63) is 35.9 Å². The monoisotopic (exact) mass is 260 g/mol. The largest absolute Gasteiger partial charge is 0.370 e. The minimum Gasteiger partial charge on any atom is -0.370 e. The van der Waals surface area contributed by atoms with Gasteiger partial charge in [0.1, 0.15) is 0 Å². The summed E-state index contributed by atoms with van der Waals surface area (Å²) in [5.41, 5.74) is 6.81. The Bertz CT molecular complexity index is 472. The van der Waals surface area contributed by atoms with Crippen LogP contribution in [0.25, 0.3) is 0 Å². The van der Waals surface area contributed by atoms with Crippen molar-refractivity contribution in [2.24, 2.45) is 16.6 Å². The number of carbonyl (C=O) groups is 1. The maximum absolute atomic E-state index is 11.9. The van der Waals surface area contributed by atoms with Gasteiger partial charge in [0.2, 0.25) is 5.91 Å². The van der Waals surface area contributed by atoms with Gasteiger partial charge in [0, 0.05) is 33.0 Å². The van der Waals surface area contributed by atoms with Crippen LogP contribution in [0.4, 0.5) is 0 Å². The van der Waals surface area contributed by atoms with E-state index in [9.17, 15) is 4.79 Å². The lowest BCUT2D eigenvalue weighted by Gasteiger charge is -2.25. The minimum atomic E-state index is 0.103. The van der Waals surface area contributed by atoms with Crippen molar-refractivity contribution in [3.63, 3.8) is 0 Å². The minimum absolute atomic E-state index is 0.103. The Hall–Kier alpha value is -2.04. The maximum atomic E-state index is 11.9. The van der Waals surface area contributed by atoms with Crippen molar-refractivity contribution in [2.75, 3.05) is 20.6 Å². The number of nitrogens with one attached hydrogen (secondary N) is 1. The van der Waals surface area contributed by atoms with Gasteiger partial charge >= 0.3 is 0 Å². The molecule has 1 aliphatic rings. The van der Waals surface area contributed by atoms with Crippen LogP contribution in [0.5, 0.6) is 0 Å². The Labute approximate surface area is 113 Å². The summed E-state index contributed by atoms with van der Waals surface area (Å²) in [6.45, 7) is 0.652. The SMILES string of the molecule is CN=C(N)NCC1CC(=O)N(C)C1c1ccccc1. The molecule has 19 heavy (non-hydrogen) atoms. The molecule has 0 radical (unpaired) electrons. The van der Waals surface area contributed by atoms with Crippen molar-refractivity contribution in [2.45, 2.75) is 12.5 Å². The fourth-order valence-electron chi connectivity index (χ4n) is 2.60. The van der Waals surface area contributed by atoms with Gasteiger partial charge in [-0.3, -0.25) is 9.79 Å². The van der Waals surface area contributed by atoms with E-state index < -0.39 is 0 Å². The van der Waals surface area contributed by atoms with E-state index in [0.29, 0.717) is 18.9 Å². The topological polar surface area (TPSA) is 70.7 Å². The van der Waals surface area contributed by atoms with Crippen LogP contribution in [0.1, 0.15) is 18.0 Å². The van der Waals surface area contributed by atoms with Gasteiger partial charge in [0.25, 0.3) is 0 Å². The summed E-state index contributed by atoms with van der Waals surface area (Å²) in [7, 11) is 3.50. The Morgan fingerprint density at radius 1 is 1.47 bits per heavy atom. The number of aliphatic imine (C=N–C) groups is 1. The molecule has 2 unspecified atom stereocenters. The Balaban J connectivity index is 2.15. The molecule has 1 heterocycles. The molecule has 1 fully saturated rings. The molecule has 2 rings (SSSR count). The second-order valence-electron chi connectivity index (χ2n) is 4.81. The average molecular weight is 260 g/mol. The molecule has 0 spiro atoms. The van der Waals surface area contributed by atoms with Crippen molar-refractivity contribution in [1.82, 2.24) is 10.2 Å². The van der Waals surface area contributed by atoms with E-state index in [1.807, 2.05) is 30.1 Å². The standard InChI is InChI=1S/C14H20N4O/c1-16-14(15)17-9-11-8-12(19)18(2)13(11)10-6-4-3-5-7-10/h3-7,11,13H,8-9H2,1-2H3,(H3,15,16,17). The van der Waals surface area contributed by atoms with Crippen LogP contribution in [0.15, 0.2) is 35.3 Å². The molecular formula is C14H20N4O. The molecule has 0 aromatic heterocycles. The molecule has 0 saturated carbocycles. The third kappa shape index (κ3) is 2.86. The van der Waals surface area contributed by atoms with Crippen LogP contribution in [-0.4, -0.2) is 37.4 Å². The average Bonchev–Trinajstić information content (AvgIpc) is 2.72. The first-order valence-corrected chi connectivity index (χ1v) is 6.40. The number of rotatable bonds is 3. The summed E-state index contributed by atoms with van der Waals surface area (Å²) in [6, 6.07) is 10.2. The highest BCUT2D eigenvalue weighted by atomic mass is 16.2. The summed E-state index contributed by atoms with van der Waals surface area (Å²) in [6.07, 6.45) is 0.542. The predicted molar refractivity (Wildman–Crippen MR) is 75.6 cm³/mol. The second-order valence-corrected chi connectivity index (χ2v) is 4.81. The van der Waals surface area contributed by atoms with Crippen molar-refractivity contribution >= 4 is 11.9 Å². The normalized spacial score (nSPS) is 23.8. The first-order valence-electron chi connectivity index (χ1n) is 6.40. The van der Waals surface area contributed by atoms with Crippen LogP contribution >= 0.6 is 0 Å². The Kier molecular flexibility index (Phi) is 4.04. The molecule has 5 nitrogen and oxygen atoms in total. The van der Waals surface area contributed by atoms with E-state index in [1.54, 1.807) is 7.05 Å². The molecule has 5 heteroatoms. The van der Waals surface area contributed by atoms with Gasteiger partial charge in [-0.1, -0.05) is 30.3 Å². The molecule has 1 aromatic rings. The molecule has 3 N–H and O–H groups in total. The number of benzene rings is 1. The molecule has 2 atom stereocenters. The summed E-state index contributed by atoms with van der Waals surface area (Å²) in [5, 5.41) is 3.06. The smallest absolute Gasteiger partial charge is 0.223 e. The Morgan fingerprint density at radius 3 is 2.79 bits per heavy atom. The molecule has 1 aliphatic heterocycles. The lowest BCUT2D eigenvalue weighted by atomic mass is 9.94. The summed E-state index contributed by atoms with van der Waals surface area (Å²) >= 11 is 0. The number of likely N-dealkylation sites (tertiary alicyclic amines) is 1. The number of nitrogens with zero attached hydrogens (tertiary/aromatic N) is 2. The van der Waals surface area contributed by atoms with Gasteiger partial charge in [0.15, 0.2) is 5.96 Å². The van der Waals surface area contributed by atoms with Gasteiger partial charge in [-0.25, -0.2) is 0 Å². The number of nitrogens with two attached hydrogens (primary N) is 1. The number of hydrogen-bond acceptors (Lipinski definition) is 2. The first-order chi connectivity index (χ1) is 9.13.